The van der Waals surface area contributed by atoms with E-state index in [0.29, 0.717) is 5.02 Å². The van der Waals surface area contributed by atoms with Crippen molar-refractivity contribution in [1.82, 2.24) is 4.72 Å². The molecule has 2 atom stereocenters. The summed E-state index contributed by atoms with van der Waals surface area (Å²) in [5.74, 6) is 0.762. The third-order valence-corrected chi connectivity index (χ3v) is 4.83. The first-order valence-electron chi connectivity index (χ1n) is 6.19. The molecule has 19 heavy (non-hydrogen) atoms. The van der Waals surface area contributed by atoms with Crippen molar-refractivity contribution in [2.24, 2.45) is 0 Å². The van der Waals surface area contributed by atoms with Gasteiger partial charge in [-0.25, -0.2) is 8.93 Å². The molecule has 0 unspecified atom stereocenters. The average Bonchev–Trinajstić information content (AvgIpc) is 2.30. The van der Waals surface area contributed by atoms with E-state index in [0.717, 1.165) is 16.9 Å². The van der Waals surface area contributed by atoms with Gasteiger partial charge in [0.15, 0.2) is 0 Å². The molecule has 1 aromatic rings. The van der Waals surface area contributed by atoms with Crippen LogP contribution in [-0.4, -0.2) is 16.1 Å². The lowest BCUT2D eigenvalue weighted by atomic mass is 10.1. The van der Waals surface area contributed by atoms with Crippen molar-refractivity contribution in [2.45, 2.75) is 45.4 Å². The lowest BCUT2D eigenvalue weighted by Gasteiger charge is -2.23. The molecule has 0 spiro atoms. The molecule has 0 amide bonds. The molecule has 0 aliphatic heterocycles. The standard InChI is InChI=1S/C14H22ClNO2S/c1-9-7-11(12(15)8-13(9)18-6)10(2)16-19(17)14(3,4)5/h7-8,10,16H,1-6H3/t10-,19-/m1/s1. The van der Waals surface area contributed by atoms with Crippen LogP contribution in [0.3, 0.4) is 0 Å². The second kappa shape index (κ2) is 6.25. The quantitative estimate of drug-likeness (QED) is 0.919. The Labute approximate surface area is 123 Å². The van der Waals surface area contributed by atoms with Crippen LogP contribution in [0.15, 0.2) is 12.1 Å². The maximum atomic E-state index is 12.1. The number of ether oxygens (including phenoxy) is 1. The Bertz CT molecular complexity index is 483. The van der Waals surface area contributed by atoms with Crippen LogP contribution in [0.5, 0.6) is 5.75 Å². The molecule has 0 saturated carbocycles. The maximum absolute atomic E-state index is 12.1. The Hall–Kier alpha value is -0.580. The van der Waals surface area contributed by atoms with E-state index < -0.39 is 11.0 Å². The van der Waals surface area contributed by atoms with Crippen molar-refractivity contribution in [1.29, 1.82) is 0 Å². The molecular weight excluding hydrogens is 282 g/mol. The Morgan fingerprint density at radius 2 is 1.95 bits per heavy atom. The highest BCUT2D eigenvalue weighted by Crippen LogP contribution is 2.31. The minimum atomic E-state index is -1.13. The highest BCUT2D eigenvalue weighted by Gasteiger charge is 2.23. The number of nitrogens with one attached hydrogen (secondary N) is 1. The second-order valence-electron chi connectivity index (χ2n) is 5.56. The largest absolute Gasteiger partial charge is 0.496 e. The zero-order valence-corrected chi connectivity index (χ0v) is 13.9. The molecule has 3 nitrogen and oxygen atoms in total. The molecule has 108 valence electrons. The van der Waals surface area contributed by atoms with Crippen LogP contribution in [0, 0.1) is 6.92 Å². The van der Waals surface area contributed by atoms with E-state index in [2.05, 4.69) is 4.72 Å². The van der Waals surface area contributed by atoms with E-state index in [4.69, 9.17) is 16.3 Å². The van der Waals surface area contributed by atoms with Crippen molar-refractivity contribution in [3.05, 3.63) is 28.3 Å². The van der Waals surface area contributed by atoms with E-state index in [1.54, 1.807) is 13.2 Å². The van der Waals surface area contributed by atoms with Crippen LogP contribution in [0.2, 0.25) is 5.02 Å². The van der Waals surface area contributed by atoms with Crippen LogP contribution in [0.4, 0.5) is 0 Å². The first-order chi connectivity index (χ1) is 8.66. The average molecular weight is 304 g/mol. The summed E-state index contributed by atoms with van der Waals surface area (Å²) in [5, 5.41) is 0.619. The fourth-order valence-electron chi connectivity index (χ4n) is 1.64. The summed E-state index contributed by atoms with van der Waals surface area (Å²) in [5.41, 5.74) is 1.94. The van der Waals surface area contributed by atoms with Crippen molar-refractivity contribution in [3.8, 4) is 5.75 Å². The number of methoxy groups -OCH3 is 1. The number of aryl methyl sites for hydroxylation is 1. The van der Waals surface area contributed by atoms with Crippen molar-refractivity contribution < 1.29 is 8.95 Å². The molecule has 0 aromatic heterocycles. The number of halogens is 1. The lowest BCUT2D eigenvalue weighted by molar-refractivity contribution is 0.411. The first kappa shape index (κ1) is 16.5. The van der Waals surface area contributed by atoms with Gasteiger partial charge < -0.3 is 4.74 Å². The van der Waals surface area contributed by atoms with Crippen LogP contribution in [0.1, 0.15) is 44.9 Å². The van der Waals surface area contributed by atoms with E-state index in [-0.39, 0.29) is 10.8 Å². The van der Waals surface area contributed by atoms with Gasteiger partial charge >= 0.3 is 0 Å². The van der Waals surface area contributed by atoms with Gasteiger partial charge in [0.2, 0.25) is 0 Å². The van der Waals surface area contributed by atoms with Crippen LogP contribution in [0.25, 0.3) is 0 Å². The van der Waals surface area contributed by atoms with Crippen LogP contribution < -0.4 is 9.46 Å². The zero-order chi connectivity index (χ0) is 14.8. The molecule has 0 aliphatic rings. The van der Waals surface area contributed by atoms with Gasteiger partial charge in [0.25, 0.3) is 0 Å². The molecule has 0 fully saturated rings. The number of hydrogen-bond donors (Lipinski definition) is 1. The van der Waals surface area contributed by atoms with Gasteiger partial charge in [0.1, 0.15) is 5.75 Å². The molecule has 0 heterocycles. The summed E-state index contributed by atoms with van der Waals surface area (Å²) in [4.78, 5) is 0. The van der Waals surface area contributed by atoms with Crippen molar-refractivity contribution in [3.63, 3.8) is 0 Å². The molecule has 1 aromatic carbocycles. The Morgan fingerprint density at radius 3 is 2.42 bits per heavy atom. The summed E-state index contributed by atoms with van der Waals surface area (Å²) in [6.07, 6.45) is 0. The summed E-state index contributed by atoms with van der Waals surface area (Å²) in [6.45, 7) is 9.72. The van der Waals surface area contributed by atoms with Gasteiger partial charge in [-0.3, -0.25) is 0 Å². The molecule has 1 rings (SSSR count). The third kappa shape index (κ3) is 4.20. The van der Waals surface area contributed by atoms with Gasteiger partial charge in [-0.05, 0) is 57.9 Å². The minimum absolute atomic E-state index is 0.0860. The van der Waals surface area contributed by atoms with Gasteiger partial charge in [0, 0.05) is 11.1 Å². The van der Waals surface area contributed by atoms with Gasteiger partial charge in [-0.15, -0.1) is 0 Å². The molecule has 0 saturated heterocycles. The maximum Gasteiger partial charge on any atom is 0.123 e. The molecule has 0 radical (unpaired) electrons. The Balaban J connectivity index is 2.98. The molecule has 5 heteroatoms. The van der Waals surface area contributed by atoms with Crippen LogP contribution >= 0.6 is 11.6 Å². The normalized spacial score (nSPS) is 15.1. The third-order valence-electron chi connectivity index (χ3n) is 2.82. The summed E-state index contributed by atoms with van der Waals surface area (Å²) < 4.78 is 20.1. The fraction of sp³-hybridized carbons (Fsp3) is 0.571. The number of hydrogen-bond acceptors (Lipinski definition) is 2. The van der Waals surface area contributed by atoms with E-state index in [1.165, 1.54) is 0 Å². The molecule has 1 N–H and O–H groups in total. The predicted molar refractivity (Wildman–Crippen MR) is 82.2 cm³/mol. The highest BCUT2D eigenvalue weighted by molar-refractivity contribution is 7.84. The van der Waals surface area contributed by atoms with Gasteiger partial charge in [0.05, 0.1) is 22.8 Å². The Morgan fingerprint density at radius 1 is 1.37 bits per heavy atom. The summed E-state index contributed by atoms with van der Waals surface area (Å²) in [7, 11) is 0.490. The van der Waals surface area contributed by atoms with Crippen LogP contribution in [-0.2, 0) is 11.0 Å². The summed E-state index contributed by atoms with van der Waals surface area (Å²) in [6, 6.07) is 3.68. The minimum Gasteiger partial charge on any atom is -0.496 e. The highest BCUT2D eigenvalue weighted by atomic mass is 35.5. The zero-order valence-electron chi connectivity index (χ0n) is 12.3. The second-order valence-corrected chi connectivity index (χ2v) is 7.97. The number of benzene rings is 1. The number of rotatable bonds is 4. The molecule has 0 aliphatic carbocycles. The summed E-state index contributed by atoms with van der Waals surface area (Å²) >= 11 is 6.25. The van der Waals surface area contributed by atoms with E-state index in [9.17, 15) is 4.21 Å². The van der Waals surface area contributed by atoms with E-state index in [1.807, 2.05) is 40.7 Å². The van der Waals surface area contributed by atoms with Crippen molar-refractivity contribution >= 4 is 22.6 Å². The fourth-order valence-corrected chi connectivity index (χ4v) is 2.76. The van der Waals surface area contributed by atoms with Gasteiger partial charge in [-0.1, -0.05) is 11.6 Å². The van der Waals surface area contributed by atoms with Gasteiger partial charge in [-0.2, -0.15) is 0 Å². The SMILES string of the molecule is COc1cc(Cl)c([C@@H](C)N[S@](=O)C(C)(C)C)cc1C. The molecular formula is C14H22ClNO2S. The first-order valence-corrected chi connectivity index (χ1v) is 7.71. The Kier molecular flexibility index (Phi) is 5.42. The molecule has 0 bridgehead atoms. The van der Waals surface area contributed by atoms with Crippen molar-refractivity contribution in [2.75, 3.05) is 7.11 Å². The topological polar surface area (TPSA) is 38.3 Å². The van der Waals surface area contributed by atoms with E-state index >= 15 is 0 Å². The lowest BCUT2D eigenvalue weighted by Crippen LogP contribution is -2.34. The smallest absolute Gasteiger partial charge is 0.123 e. The monoisotopic (exact) mass is 303 g/mol. The predicted octanol–water partition coefficient (Wildman–Crippen LogP) is 3.77.